The lowest BCUT2D eigenvalue weighted by Crippen LogP contribution is -2.17. The number of carbonyl (C=O) groups is 1. The summed E-state index contributed by atoms with van der Waals surface area (Å²) in [6, 6.07) is 6.03. The molecule has 0 aromatic heterocycles. The topological polar surface area (TPSA) is 98.5 Å². The summed E-state index contributed by atoms with van der Waals surface area (Å²) in [5, 5.41) is 7.22. The molecule has 0 atom stereocenters. The van der Waals surface area contributed by atoms with Crippen molar-refractivity contribution in [3.63, 3.8) is 0 Å². The Morgan fingerprint density at radius 1 is 1.17 bits per heavy atom. The van der Waals surface area contributed by atoms with E-state index in [9.17, 15) is 22.0 Å². The summed E-state index contributed by atoms with van der Waals surface area (Å²) in [6.45, 7) is 0. The van der Waals surface area contributed by atoms with Crippen LogP contribution in [0.15, 0.2) is 41.3 Å². The van der Waals surface area contributed by atoms with E-state index in [2.05, 4.69) is 5.32 Å². The zero-order chi connectivity index (χ0) is 17.2. The summed E-state index contributed by atoms with van der Waals surface area (Å²) in [4.78, 5) is 11.9. The number of rotatable bonds is 4. The van der Waals surface area contributed by atoms with Gasteiger partial charge < -0.3 is 10.1 Å². The number of amides is 1. The number of methoxy groups -OCH3 is 1. The number of ether oxygens (including phenoxy) is 1. The SMILES string of the molecule is COc1ccc(S(N)(=O)=O)cc1C(=O)Nc1ccc(F)cc1F. The van der Waals surface area contributed by atoms with Gasteiger partial charge in [0.25, 0.3) is 5.91 Å². The lowest BCUT2D eigenvalue weighted by Gasteiger charge is -2.11. The summed E-state index contributed by atoms with van der Waals surface area (Å²) in [6.07, 6.45) is 0. The van der Waals surface area contributed by atoms with E-state index in [0.717, 1.165) is 18.2 Å². The highest BCUT2D eigenvalue weighted by molar-refractivity contribution is 7.89. The number of hydrogen-bond acceptors (Lipinski definition) is 4. The van der Waals surface area contributed by atoms with E-state index in [1.807, 2.05) is 0 Å². The van der Waals surface area contributed by atoms with E-state index < -0.39 is 27.6 Å². The molecule has 0 aliphatic rings. The first-order chi connectivity index (χ1) is 10.7. The number of nitrogens with two attached hydrogens (primary N) is 1. The van der Waals surface area contributed by atoms with Crippen LogP contribution in [0.1, 0.15) is 10.4 Å². The van der Waals surface area contributed by atoms with Gasteiger partial charge in [-0.15, -0.1) is 0 Å². The molecule has 3 N–H and O–H groups in total. The van der Waals surface area contributed by atoms with Crippen LogP contribution >= 0.6 is 0 Å². The molecule has 6 nitrogen and oxygen atoms in total. The summed E-state index contributed by atoms with van der Waals surface area (Å²) in [7, 11) is -2.75. The molecule has 2 rings (SSSR count). The van der Waals surface area contributed by atoms with Crippen molar-refractivity contribution in [1.29, 1.82) is 0 Å². The average Bonchev–Trinajstić information content (AvgIpc) is 2.48. The first kappa shape index (κ1) is 16.8. The lowest BCUT2D eigenvalue weighted by atomic mass is 10.1. The van der Waals surface area contributed by atoms with Gasteiger partial charge in [0.2, 0.25) is 10.0 Å². The second kappa shape index (κ2) is 6.31. The molecule has 1 amide bonds. The Morgan fingerprint density at radius 2 is 1.87 bits per heavy atom. The standard InChI is InChI=1S/C14H12F2N2O4S/c1-22-13-5-3-9(23(17,20)21)7-10(13)14(19)18-12-4-2-8(15)6-11(12)16/h2-7H,1H3,(H,18,19)(H2,17,20,21). The second-order valence-corrected chi connectivity index (χ2v) is 6.05. The fourth-order valence-electron chi connectivity index (χ4n) is 1.82. The number of halogens is 2. The molecule has 0 spiro atoms. The summed E-state index contributed by atoms with van der Waals surface area (Å²) in [5.74, 6) is -2.54. The van der Waals surface area contributed by atoms with E-state index in [0.29, 0.717) is 6.07 Å². The lowest BCUT2D eigenvalue weighted by molar-refractivity contribution is 0.102. The number of hydrogen-bond donors (Lipinski definition) is 2. The van der Waals surface area contributed by atoms with Crippen molar-refractivity contribution in [3.05, 3.63) is 53.6 Å². The van der Waals surface area contributed by atoms with Crippen molar-refractivity contribution in [3.8, 4) is 5.75 Å². The Balaban J connectivity index is 2.41. The van der Waals surface area contributed by atoms with Gasteiger partial charge in [0.15, 0.2) is 0 Å². The maximum absolute atomic E-state index is 13.6. The van der Waals surface area contributed by atoms with Crippen molar-refractivity contribution in [1.82, 2.24) is 0 Å². The molecule has 0 heterocycles. The Morgan fingerprint density at radius 3 is 2.43 bits per heavy atom. The second-order valence-electron chi connectivity index (χ2n) is 4.49. The molecule has 0 saturated heterocycles. The van der Waals surface area contributed by atoms with Crippen molar-refractivity contribution in [2.75, 3.05) is 12.4 Å². The third kappa shape index (κ3) is 3.82. The first-order valence-corrected chi connectivity index (χ1v) is 7.74. The Bertz CT molecular complexity index is 869. The zero-order valence-corrected chi connectivity index (χ0v) is 12.7. The van der Waals surface area contributed by atoms with E-state index in [1.165, 1.54) is 19.2 Å². The van der Waals surface area contributed by atoms with Crippen molar-refractivity contribution >= 4 is 21.6 Å². The highest BCUT2D eigenvalue weighted by atomic mass is 32.2. The highest BCUT2D eigenvalue weighted by Crippen LogP contribution is 2.24. The number of anilines is 1. The molecule has 0 unspecified atom stereocenters. The van der Waals surface area contributed by atoms with Crippen LogP contribution in [0.2, 0.25) is 0 Å². The number of sulfonamides is 1. The minimum absolute atomic E-state index is 0.0671. The summed E-state index contributed by atoms with van der Waals surface area (Å²) in [5.41, 5.74) is -0.429. The molecule has 9 heteroatoms. The first-order valence-electron chi connectivity index (χ1n) is 6.19. The van der Waals surface area contributed by atoms with Gasteiger partial charge >= 0.3 is 0 Å². The van der Waals surface area contributed by atoms with Crippen molar-refractivity contribution in [2.45, 2.75) is 4.90 Å². The van der Waals surface area contributed by atoms with Crippen LogP contribution in [-0.2, 0) is 10.0 Å². The number of primary sulfonamides is 1. The van der Waals surface area contributed by atoms with E-state index in [1.54, 1.807) is 0 Å². The van der Waals surface area contributed by atoms with Crippen LogP contribution in [-0.4, -0.2) is 21.4 Å². The summed E-state index contributed by atoms with van der Waals surface area (Å²) < 4.78 is 54.1. The molecular formula is C14H12F2N2O4S. The number of benzene rings is 2. The molecule has 0 radical (unpaired) electrons. The Kier molecular flexibility index (Phi) is 4.62. The molecule has 0 fully saturated rings. The Labute approximate surface area is 130 Å². The highest BCUT2D eigenvalue weighted by Gasteiger charge is 2.18. The molecule has 0 bridgehead atoms. The molecule has 0 aliphatic carbocycles. The van der Waals surface area contributed by atoms with Crippen molar-refractivity contribution in [2.24, 2.45) is 5.14 Å². The molecule has 122 valence electrons. The molecule has 0 aliphatic heterocycles. The van der Waals surface area contributed by atoms with Crippen LogP contribution in [0, 0.1) is 11.6 Å². The fourth-order valence-corrected chi connectivity index (χ4v) is 2.36. The Hall–Kier alpha value is -2.52. The largest absolute Gasteiger partial charge is 0.496 e. The average molecular weight is 342 g/mol. The molecule has 23 heavy (non-hydrogen) atoms. The van der Waals surface area contributed by atoms with Crippen LogP contribution < -0.4 is 15.2 Å². The van der Waals surface area contributed by atoms with Gasteiger partial charge in [0.1, 0.15) is 17.4 Å². The maximum atomic E-state index is 13.6. The number of nitrogens with one attached hydrogen (secondary N) is 1. The number of carbonyl (C=O) groups excluding carboxylic acids is 1. The van der Waals surface area contributed by atoms with Gasteiger partial charge in [-0.25, -0.2) is 22.3 Å². The van der Waals surface area contributed by atoms with Gasteiger partial charge in [-0.1, -0.05) is 0 Å². The monoisotopic (exact) mass is 342 g/mol. The van der Waals surface area contributed by atoms with E-state index >= 15 is 0 Å². The smallest absolute Gasteiger partial charge is 0.259 e. The van der Waals surface area contributed by atoms with Gasteiger partial charge in [-0.2, -0.15) is 0 Å². The van der Waals surface area contributed by atoms with Crippen LogP contribution in [0.4, 0.5) is 14.5 Å². The molecular weight excluding hydrogens is 330 g/mol. The predicted octanol–water partition coefficient (Wildman–Crippen LogP) is 1.87. The van der Waals surface area contributed by atoms with Crippen molar-refractivity contribution < 1.29 is 26.7 Å². The van der Waals surface area contributed by atoms with Gasteiger partial charge in [0.05, 0.1) is 23.3 Å². The minimum atomic E-state index is -4.03. The predicted molar refractivity (Wildman–Crippen MR) is 78.7 cm³/mol. The van der Waals surface area contributed by atoms with Gasteiger partial charge in [0, 0.05) is 6.07 Å². The van der Waals surface area contributed by atoms with E-state index in [4.69, 9.17) is 9.88 Å². The van der Waals surface area contributed by atoms with Gasteiger partial charge in [-0.3, -0.25) is 4.79 Å². The molecule has 2 aromatic rings. The van der Waals surface area contributed by atoms with Gasteiger partial charge in [-0.05, 0) is 30.3 Å². The van der Waals surface area contributed by atoms with Crippen LogP contribution in [0.25, 0.3) is 0 Å². The normalized spacial score (nSPS) is 11.1. The van der Waals surface area contributed by atoms with E-state index in [-0.39, 0.29) is 21.9 Å². The third-order valence-electron chi connectivity index (χ3n) is 2.92. The minimum Gasteiger partial charge on any atom is -0.496 e. The fraction of sp³-hybridized carbons (Fsp3) is 0.0714. The van der Waals surface area contributed by atoms with Crippen LogP contribution in [0.5, 0.6) is 5.75 Å². The molecule has 0 saturated carbocycles. The maximum Gasteiger partial charge on any atom is 0.259 e. The third-order valence-corrected chi connectivity index (χ3v) is 3.83. The zero-order valence-electron chi connectivity index (χ0n) is 11.8. The summed E-state index contributed by atoms with van der Waals surface area (Å²) >= 11 is 0. The molecule has 2 aromatic carbocycles. The van der Waals surface area contributed by atoms with Crippen LogP contribution in [0.3, 0.4) is 0 Å². The quantitative estimate of drug-likeness (QED) is 0.886.